The molecule has 0 amide bonds. The number of aryl methyl sites for hydroxylation is 1. The van der Waals surface area contributed by atoms with Gasteiger partial charge in [-0.15, -0.1) is 0 Å². The Labute approximate surface area is 211 Å². The first-order chi connectivity index (χ1) is 16.4. The fourth-order valence-electron chi connectivity index (χ4n) is 3.92. The summed E-state index contributed by atoms with van der Waals surface area (Å²) in [6, 6.07) is 24.3. The minimum absolute atomic E-state index is 0.120. The highest BCUT2D eigenvalue weighted by Crippen LogP contribution is 2.44. The topological polar surface area (TPSA) is 81.2 Å². The third-order valence-electron chi connectivity index (χ3n) is 5.90. The smallest absolute Gasteiger partial charge is 0.364 e. The first-order valence-corrected chi connectivity index (χ1v) is 13.9. The van der Waals surface area contributed by atoms with E-state index < -0.39 is 13.9 Å². The van der Waals surface area contributed by atoms with E-state index in [0.29, 0.717) is 25.6 Å². The van der Waals surface area contributed by atoms with Crippen LogP contribution < -0.4 is 15.7 Å². The molecule has 4 rings (SSSR count). The van der Waals surface area contributed by atoms with Crippen molar-refractivity contribution in [2.45, 2.75) is 47.6 Å². The summed E-state index contributed by atoms with van der Waals surface area (Å²) < 4.78 is 7.46. The molecule has 1 aliphatic rings. The lowest BCUT2D eigenvalue weighted by Gasteiger charge is -2.39. The van der Waals surface area contributed by atoms with E-state index >= 15 is 0 Å². The first kappa shape index (κ1) is 25.5. The van der Waals surface area contributed by atoms with Crippen LogP contribution >= 0.6 is 31.7 Å². The van der Waals surface area contributed by atoms with Crippen LogP contribution in [0.25, 0.3) is 0 Å². The summed E-state index contributed by atoms with van der Waals surface area (Å²) in [6.07, 6.45) is 3.47. The van der Waals surface area contributed by atoms with Crippen LogP contribution in [0, 0.1) is 0 Å². The van der Waals surface area contributed by atoms with Crippen molar-refractivity contribution in [3.8, 4) is 5.75 Å². The lowest BCUT2D eigenvalue weighted by atomic mass is 9.90. The van der Waals surface area contributed by atoms with Gasteiger partial charge in [0.15, 0.2) is 6.61 Å². The van der Waals surface area contributed by atoms with Gasteiger partial charge in [-0.2, -0.15) is 0 Å². The molecule has 8 heteroatoms. The molecule has 2 unspecified atom stereocenters. The average Bonchev–Trinajstić information content (AvgIpc) is 2.83. The summed E-state index contributed by atoms with van der Waals surface area (Å²) in [7, 11) is -1.63. The van der Waals surface area contributed by atoms with Crippen LogP contribution in [-0.2, 0) is 17.3 Å². The van der Waals surface area contributed by atoms with E-state index in [1.165, 1.54) is 0 Å². The maximum Gasteiger partial charge on any atom is 0.364 e. The summed E-state index contributed by atoms with van der Waals surface area (Å²) in [4.78, 5) is 11.8. The normalized spacial score (nSPS) is 20.9. The van der Waals surface area contributed by atoms with Gasteiger partial charge in [-0.1, -0.05) is 59.8 Å². The average molecular weight is 518 g/mol. The van der Waals surface area contributed by atoms with Crippen LogP contribution in [-0.4, -0.2) is 23.2 Å². The molecule has 0 aromatic heterocycles. The molecule has 0 saturated carbocycles. The number of nitrogens with two attached hydrogens (primary N) is 1. The molecule has 34 heavy (non-hydrogen) atoms. The third kappa shape index (κ3) is 7.19. The van der Waals surface area contributed by atoms with E-state index in [4.69, 9.17) is 22.1 Å². The largest absolute Gasteiger partial charge is 0.532 e. The van der Waals surface area contributed by atoms with E-state index in [1.54, 1.807) is 16.1 Å². The zero-order valence-electron chi connectivity index (χ0n) is 18.9. The number of halogens is 1. The molecule has 1 aliphatic heterocycles. The Balaban J connectivity index is 1.26. The molecule has 3 aromatic carbocycles. The predicted molar refractivity (Wildman–Crippen MR) is 137 cm³/mol. The Morgan fingerprint density at radius 2 is 1.82 bits per heavy atom. The molecule has 0 radical (unpaired) electrons. The van der Waals surface area contributed by atoms with E-state index in [0.717, 1.165) is 44.5 Å². The quantitative estimate of drug-likeness (QED) is 0.218. The van der Waals surface area contributed by atoms with Crippen LogP contribution in [0.5, 0.6) is 5.75 Å². The van der Waals surface area contributed by atoms with Gasteiger partial charge < -0.3 is 24.9 Å². The van der Waals surface area contributed by atoms with Crippen LogP contribution in [0.1, 0.15) is 30.4 Å². The van der Waals surface area contributed by atoms with E-state index in [2.05, 4.69) is 12.1 Å². The van der Waals surface area contributed by atoms with Gasteiger partial charge in [0.2, 0.25) is 0 Å². The molecular formula is C26H29ClNO4PS. The number of benzene rings is 3. The zero-order valence-corrected chi connectivity index (χ0v) is 21.3. The molecule has 3 aromatic rings. The lowest BCUT2D eigenvalue weighted by molar-refractivity contribution is -0.741. The number of hydrogen-bond acceptors (Lipinski definition) is 5. The summed E-state index contributed by atoms with van der Waals surface area (Å²) in [5.41, 5.74) is 8.03. The predicted octanol–water partition coefficient (Wildman–Crippen LogP) is 5.63. The van der Waals surface area contributed by atoms with Crippen molar-refractivity contribution in [3.63, 3.8) is 0 Å². The summed E-state index contributed by atoms with van der Waals surface area (Å²) >= 11 is 8.22. The van der Waals surface area contributed by atoms with Crippen molar-refractivity contribution < 1.29 is 19.2 Å². The van der Waals surface area contributed by atoms with Gasteiger partial charge in [-0.25, -0.2) is 0 Å². The van der Waals surface area contributed by atoms with Gasteiger partial charge in [-0.05, 0) is 73.2 Å². The molecule has 0 spiro atoms. The monoisotopic (exact) mass is 517 g/mol. The Morgan fingerprint density at radius 1 is 1.09 bits per heavy atom. The van der Waals surface area contributed by atoms with Crippen molar-refractivity contribution in [2.24, 2.45) is 5.73 Å². The Kier molecular flexibility index (Phi) is 8.89. The molecule has 0 bridgehead atoms. The molecule has 3 N–H and O–H groups in total. The second kappa shape index (κ2) is 11.9. The second-order valence-corrected chi connectivity index (χ2v) is 11.7. The van der Waals surface area contributed by atoms with Crippen molar-refractivity contribution in [1.29, 1.82) is 0 Å². The summed E-state index contributed by atoms with van der Waals surface area (Å²) in [5.74, 6) is 0.839. The van der Waals surface area contributed by atoms with Gasteiger partial charge in [0.05, 0.1) is 11.7 Å². The van der Waals surface area contributed by atoms with E-state index in [1.807, 2.05) is 60.7 Å². The Morgan fingerprint density at radius 3 is 2.53 bits per heavy atom. The van der Waals surface area contributed by atoms with E-state index in [-0.39, 0.29) is 6.61 Å². The van der Waals surface area contributed by atoms with Gasteiger partial charge in [0.1, 0.15) is 12.4 Å². The van der Waals surface area contributed by atoms with Crippen LogP contribution in [0.4, 0.5) is 0 Å². The minimum Gasteiger partial charge on any atom is -0.532 e. The van der Waals surface area contributed by atoms with Gasteiger partial charge in [0, 0.05) is 14.8 Å². The highest BCUT2D eigenvalue weighted by atomic mass is 35.5. The molecule has 1 heterocycles. The second-order valence-electron chi connectivity index (χ2n) is 8.61. The maximum absolute atomic E-state index is 11.7. The minimum atomic E-state index is -1.63. The van der Waals surface area contributed by atoms with Crippen molar-refractivity contribution in [2.75, 3.05) is 12.8 Å². The number of rotatable bonds is 9. The van der Waals surface area contributed by atoms with Crippen LogP contribution in [0.15, 0.2) is 82.6 Å². The van der Waals surface area contributed by atoms with E-state index in [9.17, 15) is 10.2 Å². The third-order valence-corrected chi connectivity index (χ3v) is 8.45. The maximum atomic E-state index is 11.7. The number of hydrogen-bond donors (Lipinski definition) is 2. The lowest BCUT2D eigenvalue weighted by Crippen LogP contribution is -2.52. The first-order valence-electron chi connectivity index (χ1n) is 11.3. The molecule has 0 aliphatic carbocycles. The fraction of sp³-hybridized carbons (Fsp3) is 0.308. The summed E-state index contributed by atoms with van der Waals surface area (Å²) in [6.45, 7) is 0.668. The molecule has 180 valence electrons. The van der Waals surface area contributed by atoms with Crippen LogP contribution in [0.3, 0.4) is 0 Å². The Bertz CT molecular complexity index is 1070. The highest BCUT2D eigenvalue weighted by molar-refractivity contribution is 7.99. The Hall–Kier alpha value is -1.63. The van der Waals surface area contributed by atoms with Gasteiger partial charge in [0.25, 0.3) is 0 Å². The summed E-state index contributed by atoms with van der Waals surface area (Å²) in [5, 5.41) is 12.4. The number of ether oxygens (including phenoxy) is 1. The van der Waals surface area contributed by atoms with Gasteiger partial charge in [-0.3, -0.25) is 0 Å². The highest BCUT2D eigenvalue weighted by Gasteiger charge is 2.39. The zero-order chi connectivity index (χ0) is 24.0. The van der Waals surface area contributed by atoms with Gasteiger partial charge >= 0.3 is 8.38 Å². The molecular weight excluding hydrogens is 489 g/mol. The molecule has 1 saturated heterocycles. The van der Waals surface area contributed by atoms with Crippen molar-refractivity contribution in [1.82, 2.24) is 0 Å². The molecule has 5 nitrogen and oxygen atoms in total. The molecule has 2 atom stereocenters. The van der Waals surface area contributed by atoms with Crippen molar-refractivity contribution in [3.05, 3.63) is 88.9 Å². The standard InChI is InChI=1S/C26H29ClNO4PS/c27-25-17-24(11-8-21(25)7-4-14-26(28)15-16-33(30)32(29)19-26)34-23-12-9-22(10-13-23)31-18-20-5-2-1-3-6-20/h1-3,5-6,8-13,17,30H,4,7,14-16,18-19,28H2. The molecule has 1 fully saturated rings. The van der Waals surface area contributed by atoms with Crippen molar-refractivity contribution >= 4 is 31.7 Å². The SMILES string of the molecule is NC1(CCCc2ccc(Sc3ccc(OCc4ccccc4)cc3)cc2Cl)CCP(O)[O+]([O-])C1. The fourth-order valence-corrected chi connectivity index (χ4v) is 6.36. The van der Waals surface area contributed by atoms with Crippen LogP contribution in [0.2, 0.25) is 5.02 Å².